The smallest absolute Gasteiger partial charge is 0.204 e. The summed E-state index contributed by atoms with van der Waals surface area (Å²) in [5, 5.41) is 23.0. The van der Waals surface area contributed by atoms with Gasteiger partial charge >= 0.3 is 0 Å². The molecule has 0 spiro atoms. The van der Waals surface area contributed by atoms with E-state index in [-0.39, 0.29) is 6.54 Å². The monoisotopic (exact) mass is 300 g/mol. The summed E-state index contributed by atoms with van der Waals surface area (Å²) in [5.41, 5.74) is 1.66. The number of halogens is 1. The standard InChI is InChI=1S/C15H13ClN4O/c16-13-8-6-11(7-9-13)14(21)10-20-18-15(17-19-20)12-4-2-1-3-5-12/h1-9,14,21H,10H2. The van der Waals surface area contributed by atoms with Gasteiger partial charge in [-0.3, -0.25) is 0 Å². The largest absolute Gasteiger partial charge is 0.386 e. The molecule has 21 heavy (non-hydrogen) atoms. The van der Waals surface area contributed by atoms with Gasteiger partial charge in [-0.2, -0.15) is 4.80 Å². The minimum absolute atomic E-state index is 0.238. The average Bonchev–Trinajstić information content (AvgIpc) is 2.97. The van der Waals surface area contributed by atoms with Crippen LogP contribution in [0, 0.1) is 0 Å². The first kappa shape index (κ1) is 13.7. The number of tetrazole rings is 1. The van der Waals surface area contributed by atoms with Gasteiger partial charge in [-0.1, -0.05) is 54.1 Å². The Morgan fingerprint density at radius 2 is 1.76 bits per heavy atom. The van der Waals surface area contributed by atoms with Crippen molar-refractivity contribution in [3.05, 3.63) is 65.2 Å². The van der Waals surface area contributed by atoms with E-state index >= 15 is 0 Å². The predicted molar refractivity (Wildman–Crippen MR) is 79.7 cm³/mol. The maximum atomic E-state index is 10.2. The van der Waals surface area contributed by atoms with Crippen LogP contribution >= 0.6 is 11.6 Å². The molecular weight excluding hydrogens is 288 g/mol. The third-order valence-corrected chi connectivity index (χ3v) is 3.33. The van der Waals surface area contributed by atoms with Gasteiger partial charge in [-0.25, -0.2) is 0 Å². The number of aliphatic hydroxyl groups is 1. The number of nitrogens with zero attached hydrogens (tertiary/aromatic N) is 4. The van der Waals surface area contributed by atoms with Crippen molar-refractivity contribution in [3.8, 4) is 11.4 Å². The van der Waals surface area contributed by atoms with Crippen molar-refractivity contribution in [2.24, 2.45) is 0 Å². The van der Waals surface area contributed by atoms with Crippen molar-refractivity contribution in [2.75, 3.05) is 0 Å². The lowest BCUT2D eigenvalue weighted by atomic mass is 10.1. The summed E-state index contributed by atoms with van der Waals surface area (Å²) in [7, 11) is 0. The normalized spacial score (nSPS) is 12.3. The average molecular weight is 301 g/mol. The Labute approximate surface area is 126 Å². The lowest BCUT2D eigenvalue weighted by Gasteiger charge is -2.09. The van der Waals surface area contributed by atoms with Gasteiger partial charge < -0.3 is 5.11 Å². The summed E-state index contributed by atoms with van der Waals surface area (Å²) in [5.74, 6) is 0.541. The molecule has 3 rings (SSSR count). The minimum Gasteiger partial charge on any atom is -0.386 e. The van der Waals surface area contributed by atoms with Crippen molar-refractivity contribution in [2.45, 2.75) is 12.6 Å². The van der Waals surface area contributed by atoms with Crippen LogP contribution in [0.1, 0.15) is 11.7 Å². The minimum atomic E-state index is -0.708. The Balaban J connectivity index is 1.74. The van der Waals surface area contributed by atoms with Gasteiger partial charge in [0.05, 0.1) is 6.54 Å². The van der Waals surface area contributed by atoms with Crippen LogP contribution < -0.4 is 0 Å². The van der Waals surface area contributed by atoms with Crippen molar-refractivity contribution in [3.63, 3.8) is 0 Å². The van der Waals surface area contributed by atoms with E-state index in [9.17, 15) is 5.11 Å². The lowest BCUT2D eigenvalue weighted by Crippen LogP contribution is -2.11. The zero-order valence-corrected chi connectivity index (χ0v) is 11.9. The molecule has 1 atom stereocenters. The van der Waals surface area contributed by atoms with Gasteiger partial charge in [0.25, 0.3) is 0 Å². The highest BCUT2D eigenvalue weighted by Gasteiger charge is 2.12. The molecule has 0 saturated carbocycles. The first-order valence-corrected chi connectivity index (χ1v) is 6.87. The van der Waals surface area contributed by atoms with Gasteiger partial charge in [0.2, 0.25) is 5.82 Å². The summed E-state index contributed by atoms with van der Waals surface area (Å²) in [6, 6.07) is 16.6. The molecule has 0 aliphatic carbocycles. The number of hydrogen-bond acceptors (Lipinski definition) is 4. The molecule has 0 radical (unpaired) electrons. The Hall–Kier alpha value is -2.24. The third-order valence-electron chi connectivity index (χ3n) is 3.08. The molecule has 1 N–H and O–H groups in total. The molecule has 2 aromatic carbocycles. The highest BCUT2D eigenvalue weighted by atomic mass is 35.5. The van der Waals surface area contributed by atoms with Crippen molar-refractivity contribution in [1.82, 2.24) is 20.2 Å². The second kappa shape index (κ2) is 6.03. The van der Waals surface area contributed by atoms with Crippen molar-refractivity contribution < 1.29 is 5.11 Å². The van der Waals surface area contributed by atoms with E-state index in [1.807, 2.05) is 30.3 Å². The molecule has 0 saturated heterocycles. The van der Waals surface area contributed by atoms with E-state index in [1.54, 1.807) is 24.3 Å². The summed E-state index contributed by atoms with van der Waals surface area (Å²) in [4.78, 5) is 1.39. The van der Waals surface area contributed by atoms with E-state index in [0.29, 0.717) is 10.8 Å². The molecule has 3 aromatic rings. The first-order valence-electron chi connectivity index (χ1n) is 6.49. The van der Waals surface area contributed by atoms with Crippen LogP contribution in [0.3, 0.4) is 0 Å². The second-order valence-electron chi connectivity index (χ2n) is 4.60. The summed E-state index contributed by atoms with van der Waals surface area (Å²) in [6.07, 6.45) is -0.708. The zero-order chi connectivity index (χ0) is 14.7. The fourth-order valence-electron chi connectivity index (χ4n) is 1.97. The summed E-state index contributed by atoms with van der Waals surface area (Å²) >= 11 is 5.83. The van der Waals surface area contributed by atoms with Crippen molar-refractivity contribution in [1.29, 1.82) is 0 Å². The molecule has 0 fully saturated rings. The van der Waals surface area contributed by atoms with Crippen LogP contribution in [0.5, 0.6) is 0 Å². The van der Waals surface area contributed by atoms with E-state index in [1.165, 1.54) is 4.80 Å². The number of benzene rings is 2. The maximum Gasteiger partial charge on any atom is 0.204 e. The van der Waals surface area contributed by atoms with Crippen LogP contribution in [0.4, 0.5) is 0 Å². The van der Waals surface area contributed by atoms with Crippen LogP contribution in [0.2, 0.25) is 5.02 Å². The quantitative estimate of drug-likeness (QED) is 0.804. The van der Waals surface area contributed by atoms with Gasteiger partial charge in [0, 0.05) is 10.6 Å². The van der Waals surface area contributed by atoms with Gasteiger partial charge in [0.1, 0.15) is 6.10 Å². The van der Waals surface area contributed by atoms with E-state index in [0.717, 1.165) is 11.1 Å². The first-order chi connectivity index (χ1) is 10.2. The van der Waals surface area contributed by atoms with E-state index in [4.69, 9.17) is 11.6 Å². The molecule has 0 bridgehead atoms. The number of hydrogen-bond donors (Lipinski definition) is 1. The summed E-state index contributed by atoms with van der Waals surface area (Å²) in [6.45, 7) is 0.238. The number of rotatable bonds is 4. The molecule has 0 amide bonds. The van der Waals surface area contributed by atoms with Crippen LogP contribution in [-0.4, -0.2) is 25.3 Å². The summed E-state index contributed by atoms with van der Waals surface area (Å²) < 4.78 is 0. The van der Waals surface area contributed by atoms with Crippen LogP contribution in [0.15, 0.2) is 54.6 Å². The fraction of sp³-hybridized carbons (Fsp3) is 0.133. The van der Waals surface area contributed by atoms with Crippen LogP contribution in [-0.2, 0) is 6.54 Å². The Kier molecular flexibility index (Phi) is 3.94. The molecule has 1 unspecified atom stereocenters. The third kappa shape index (κ3) is 3.26. The molecule has 5 nitrogen and oxygen atoms in total. The van der Waals surface area contributed by atoms with Crippen molar-refractivity contribution >= 4 is 11.6 Å². The Morgan fingerprint density at radius 3 is 2.48 bits per heavy atom. The Morgan fingerprint density at radius 1 is 1.05 bits per heavy atom. The van der Waals surface area contributed by atoms with E-state index in [2.05, 4.69) is 15.4 Å². The molecule has 1 heterocycles. The molecular formula is C15H13ClN4O. The number of aliphatic hydroxyl groups excluding tert-OH is 1. The molecule has 1 aromatic heterocycles. The number of aromatic nitrogens is 4. The fourth-order valence-corrected chi connectivity index (χ4v) is 2.09. The van der Waals surface area contributed by atoms with Gasteiger partial charge in [0.15, 0.2) is 0 Å². The topological polar surface area (TPSA) is 63.8 Å². The maximum absolute atomic E-state index is 10.2. The lowest BCUT2D eigenvalue weighted by molar-refractivity contribution is 0.144. The van der Waals surface area contributed by atoms with Crippen LogP contribution in [0.25, 0.3) is 11.4 Å². The molecule has 106 valence electrons. The Bertz CT molecular complexity index is 712. The van der Waals surface area contributed by atoms with Gasteiger partial charge in [-0.05, 0) is 22.9 Å². The molecule has 6 heteroatoms. The highest BCUT2D eigenvalue weighted by molar-refractivity contribution is 6.30. The molecule has 0 aliphatic rings. The molecule has 0 aliphatic heterocycles. The second-order valence-corrected chi connectivity index (χ2v) is 5.04. The highest BCUT2D eigenvalue weighted by Crippen LogP contribution is 2.18. The SMILES string of the molecule is OC(Cn1nnc(-c2ccccc2)n1)c1ccc(Cl)cc1. The predicted octanol–water partition coefficient (Wildman–Crippen LogP) is 2.73. The van der Waals surface area contributed by atoms with E-state index < -0.39 is 6.10 Å². The zero-order valence-electron chi connectivity index (χ0n) is 11.1. The van der Waals surface area contributed by atoms with Gasteiger partial charge in [-0.15, -0.1) is 10.2 Å².